The van der Waals surface area contributed by atoms with Crippen LogP contribution in [0.15, 0.2) is 89.6 Å². The molecule has 35 heavy (non-hydrogen) atoms. The molecule has 3 heterocycles. The highest BCUT2D eigenvalue weighted by Crippen LogP contribution is 2.39. The van der Waals surface area contributed by atoms with E-state index in [1.54, 1.807) is 30.5 Å². The molecule has 1 unspecified atom stereocenters. The van der Waals surface area contributed by atoms with Crippen molar-refractivity contribution in [2.75, 3.05) is 6.54 Å². The van der Waals surface area contributed by atoms with Gasteiger partial charge in [-0.05, 0) is 65.6 Å². The molecule has 6 nitrogen and oxygen atoms in total. The quantitative estimate of drug-likeness (QED) is 0.331. The minimum absolute atomic E-state index is 0.103. The third kappa shape index (κ3) is 3.69. The van der Waals surface area contributed by atoms with Crippen LogP contribution in [0.3, 0.4) is 0 Å². The van der Waals surface area contributed by atoms with Gasteiger partial charge in [0.2, 0.25) is 5.91 Å². The molecule has 6 heteroatoms. The molecule has 1 atom stereocenters. The summed E-state index contributed by atoms with van der Waals surface area (Å²) in [4.78, 5) is 30.1. The molecule has 0 aliphatic carbocycles. The molecule has 0 spiro atoms. The molecule has 3 aromatic carbocycles. The van der Waals surface area contributed by atoms with Crippen molar-refractivity contribution < 1.29 is 19.1 Å². The fraction of sp³-hybridized carbons (Fsp3) is 0.103. The Kier molecular flexibility index (Phi) is 4.99. The SMILES string of the molecule is O=C(O)c1ccc(/C=C/C(=O)N2CCc3c([nH]c4ccccc34)C2c2ccc3occc3c2)cc1. The first-order valence-corrected chi connectivity index (χ1v) is 11.5. The van der Waals surface area contributed by atoms with E-state index in [1.165, 1.54) is 23.1 Å². The molecule has 2 aromatic heterocycles. The van der Waals surface area contributed by atoms with Crippen molar-refractivity contribution in [1.82, 2.24) is 9.88 Å². The number of furan rings is 1. The van der Waals surface area contributed by atoms with E-state index < -0.39 is 5.97 Å². The number of aromatic carboxylic acids is 1. The highest BCUT2D eigenvalue weighted by Gasteiger charge is 2.33. The molecule has 0 saturated heterocycles. The molecule has 1 aliphatic rings. The minimum atomic E-state index is -0.975. The van der Waals surface area contributed by atoms with Crippen LogP contribution in [0.4, 0.5) is 0 Å². The summed E-state index contributed by atoms with van der Waals surface area (Å²) in [5, 5.41) is 11.3. The van der Waals surface area contributed by atoms with Crippen LogP contribution in [0, 0.1) is 0 Å². The van der Waals surface area contributed by atoms with Gasteiger partial charge < -0.3 is 19.4 Å². The fourth-order valence-electron chi connectivity index (χ4n) is 4.98. The Bertz CT molecular complexity index is 1610. The van der Waals surface area contributed by atoms with E-state index >= 15 is 0 Å². The van der Waals surface area contributed by atoms with Gasteiger partial charge in [0.25, 0.3) is 0 Å². The Balaban J connectivity index is 1.39. The van der Waals surface area contributed by atoms with Gasteiger partial charge in [-0.25, -0.2) is 4.79 Å². The number of hydrogen-bond acceptors (Lipinski definition) is 3. The van der Waals surface area contributed by atoms with E-state index in [0.29, 0.717) is 6.54 Å². The number of aromatic nitrogens is 1. The van der Waals surface area contributed by atoms with Crippen LogP contribution in [-0.4, -0.2) is 33.4 Å². The summed E-state index contributed by atoms with van der Waals surface area (Å²) in [5.74, 6) is -1.08. The van der Waals surface area contributed by atoms with E-state index in [0.717, 1.165) is 39.7 Å². The first-order chi connectivity index (χ1) is 17.1. The van der Waals surface area contributed by atoms with E-state index in [1.807, 2.05) is 35.2 Å². The molecule has 0 saturated carbocycles. The second-order valence-electron chi connectivity index (χ2n) is 8.73. The lowest BCUT2D eigenvalue weighted by Crippen LogP contribution is -2.39. The molecule has 1 amide bonds. The number of para-hydroxylation sites is 1. The van der Waals surface area contributed by atoms with Gasteiger partial charge >= 0.3 is 5.97 Å². The molecule has 172 valence electrons. The lowest BCUT2D eigenvalue weighted by Gasteiger charge is -2.35. The molecule has 0 radical (unpaired) electrons. The lowest BCUT2D eigenvalue weighted by molar-refractivity contribution is -0.128. The zero-order valence-electron chi connectivity index (χ0n) is 18.8. The van der Waals surface area contributed by atoms with E-state index in [4.69, 9.17) is 9.52 Å². The standard InChI is InChI=1S/C29H22N2O4/c32-26(12-7-18-5-8-19(9-6-18)29(33)34)31-15-13-23-22-3-1-2-4-24(22)30-27(23)28(31)21-10-11-25-20(17-21)14-16-35-25/h1-12,14,16-17,28,30H,13,15H2,(H,33,34)/b12-7+. The first-order valence-electron chi connectivity index (χ1n) is 11.5. The largest absolute Gasteiger partial charge is 0.478 e. The predicted molar refractivity (Wildman–Crippen MR) is 134 cm³/mol. The van der Waals surface area contributed by atoms with Gasteiger partial charge in [-0.3, -0.25) is 4.79 Å². The average molecular weight is 463 g/mol. The van der Waals surface area contributed by atoms with E-state index in [-0.39, 0.29) is 17.5 Å². The lowest BCUT2D eigenvalue weighted by atomic mass is 9.91. The molecule has 6 rings (SSSR count). The monoisotopic (exact) mass is 462 g/mol. The smallest absolute Gasteiger partial charge is 0.335 e. The molecule has 0 fully saturated rings. The van der Waals surface area contributed by atoms with Gasteiger partial charge in [0, 0.05) is 34.6 Å². The van der Waals surface area contributed by atoms with E-state index in [9.17, 15) is 9.59 Å². The Labute approximate surface area is 201 Å². The third-order valence-corrected chi connectivity index (χ3v) is 6.69. The first kappa shape index (κ1) is 21.0. The summed E-state index contributed by atoms with van der Waals surface area (Å²) in [5.41, 5.74) is 6.15. The molecular weight excluding hydrogens is 440 g/mol. The number of fused-ring (bicyclic) bond motifs is 4. The summed E-state index contributed by atoms with van der Waals surface area (Å²) in [6.07, 6.45) is 5.72. The summed E-state index contributed by atoms with van der Waals surface area (Å²) in [6, 6.07) is 22.4. The predicted octanol–water partition coefficient (Wildman–Crippen LogP) is 5.80. The Morgan fingerprint density at radius 3 is 2.69 bits per heavy atom. The van der Waals surface area contributed by atoms with Gasteiger partial charge in [0.05, 0.1) is 17.9 Å². The number of nitrogens with one attached hydrogen (secondary N) is 1. The maximum Gasteiger partial charge on any atom is 0.335 e. The number of aromatic amines is 1. The zero-order chi connectivity index (χ0) is 23.9. The maximum atomic E-state index is 13.5. The average Bonchev–Trinajstić information content (AvgIpc) is 3.51. The Morgan fingerprint density at radius 2 is 1.86 bits per heavy atom. The van der Waals surface area contributed by atoms with Crippen LogP contribution in [-0.2, 0) is 11.2 Å². The molecule has 1 aliphatic heterocycles. The molecular formula is C29H22N2O4. The summed E-state index contributed by atoms with van der Waals surface area (Å²) in [7, 11) is 0. The highest BCUT2D eigenvalue weighted by molar-refractivity contribution is 5.94. The van der Waals surface area contributed by atoms with Crippen molar-refractivity contribution in [2.45, 2.75) is 12.5 Å². The normalized spacial score (nSPS) is 15.7. The zero-order valence-corrected chi connectivity index (χ0v) is 18.8. The summed E-state index contributed by atoms with van der Waals surface area (Å²) >= 11 is 0. The van der Waals surface area contributed by atoms with Crippen molar-refractivity contribution in [3.8, 4) is 0 Å². The third-order valence-electron chi connectivity index (χ3n) is 6.69. The van der Waals surface area contributed by atoms with Crippen molar-refractivity contribution in [1.29, 1.82) is 0 Å². The summed E-state index contributed by atoms with van der Waals surface area (Å²) in [6.45, 7) is 0.587. The van der Waals surface area contributed by atoms with Gasteiger partial charge in [0.15, 0.2) is 0 Å². The number of carboxylic acids is 1. The number of nitrogens with zero attached hydrogens (tertiary/aromatic N) is 1. The highest BCUT2D eigenvalue weighted by atomic mass is 16.4. The fourth-order valence-corrected chi connectivity index (χ4v) is 4.98. The number of carboxylic acid groups (broad SMARTS) is 1. The Hall–Kier alpha value is -4.58. The van der Waals surface area contributed by atoms with Crippen molar-refractivity contribution in [2.24, 2.45) is 0 Å². The topological polar surface area (TPSA) is 86.5 Å². The molecule has 0 bridgehead atoms. The minimum Gasteiger partial charge on any atom is -0.478 e. The van der Waals surface area contributed by atoms with Gasteiger partial charge in [-0.15, -0.1) is 0 Å². The molecule has 5 aromatic rings. The second kappa shape index (κ2) is 8.33. The van der Waals surface area contributed by atoms with Gasteiger partial charge in [-0.2, -0.15) is 0 Å². The van der Waals surface area contributed by atoms with Crippen molar-refractivity contribution >= 4 is 39.8 Å². The molecule has 2 N–H and O–H groups in total. The number of carbonyl (C=O) groups is 2. The van der Waals surface area contributed by atoms with Crippen molar-refractivity contribution in [3.05, 3.63) is 113 Å². The van der Waals surface area contributed by atoms with E-state index in [2.05, 4.69) is 23.2 Å². The number of rotatable bonds is 4. The Morgan fingerprint density at radius 1 is 1.03 bits per heavy atom. The second-order valence-corrected chi connectivity index (χ2v) is 8.73. The number of hydrogen-bond donors (Lipinski definition) is 2. The number of benzene rings is 3. The van der Waals surface area contributed by atoms with Crippen LogP contribution in [0.2, 0.25) is 0 Å². The van der Waals surface area contributed by atoms with Crippen LogP contribution in [0.5, 0.6) is 0 Å². The van der Waals surface area contributed by atoms with Gasteiger partial charge in [-0.1, -0.05) is 36.4 Å². The van der Waals surface area contributed by atoms with Crippen molar-refractivity contribution in [3.63, 3.8) is 0 Å². The number of H-pyrrole nitrogens is 1. The van der Waals surface area contributed by atoms with Crippen LogP contribution >= 0.6 is 0 Å². The number of amides is 1. The number of carbonyl (C=O) groups excluding carboxylic acids is 1. The van der Waals surface area contributed by atoms with Crippen LogP contribution in [0.25, 0.3) is 27.9 Å². The summed E-state index contributed by atoms with van der Waals surface area (Å²) < 4.78 is 5.53. The van der Waals surface area contributed by atoms with Gasteiger partial charge in [0.1, 0.15) is 5.58 Å². The van der Waals surface area contributed by atoms with Crippen LogP contribution in [0.1, 0.15) is 38.8 Å². The maximum absolute atomic E-state index is 13.5. The van der Waals surface area contributed by atoms with Crippen LogP contribution < -0.4 is 0 Å².